The summed E-state index contributed by atoms with van der Waals surface area (Å²) in [6, 6.07) is 143. The van der Waals surface area contributed by atoms with Gasteiger partial charge in [0, 0.05) is 88.3 Å². The molecule has 0 aliphatic rings. The summed E-state index contributed by atoms with van der Waals surface area (Å²) < 4.78 is 4.65. The van der Waals surface area contributed by atoms with E-state index in [0.29, 0.717) is 69.9 Å². The number of rotatable bonds is 15. The number of aromatic nitrogens is 14. The summed E-state index contributed by atoms with van der Waals surface area (Å²) in [6.45, 7) is 0. The third kappa shape index (κ3) is 12.9. The van der Waals surface area contributed by atoms with Gasteiger partial charge in [0.25, 0.3) is 0 Å². The second-order valence-electron chi connectivity index (χ2n) is 31.5. The van der Waals surface area contributed by atoms with Crippen LogP contribution in [0, 0.1) is 0 Å². The fraction of sp³-hybridized carbons (Fsp3) is 0. The highest BCUT2D eigenvalue weighted by atomic mass is 15.1. The SMILES string of the molecule is c1ccc(-c2nc(-c3cccc(-c4ccc5cc(-c6nc(-c7ccccc7)nc(-c7cc(-c8nc(-c9ccccc9)nc(-c9ccccc9)n8)ccc7-n7c8ccccc8c8ccccc87)n6)c6ccccc6c5c4)c3)nc(-c3ccc(-n4c5ccccc5c5ccccc54)c(-c4nc(-c5ccccc5)nc(-c5ccc6c(ccc7ccccc76)c5)n4)c3)n2)cc1. The molecule has 586 valence electrons. The molecule has 18 aromatic carbocycles. The van der Waals surface area contributed by atoms with Crippen LogP contribution in [0.1, 0.15) is 0 Å². The van der Waals surface area contributed by atoms with Gasteiger partial charge in [0.05, 0.1) is 33.4 Å². The zero-order valence-corrected chi connectivity index (χ0v) is 67.5. The minimum absolute atomic E-state index is 0.468. The number of fused-ring (bicyclic) bond motifs is 12. The molecule has 0 bridgehead atoms. The first-order valence-corrected chi connectivity index (χ1v) is 42.0. The Morgan fingerprint density at radius 2 is 0.397 bits per heavy atom. The summed E-state index contributed by atoms with van der Waals surface area (Å²) in [6.07, 6.45) is 0. The van der Waals surface area contributed by atoms with Gasteiger partial charge < -0.3 is 9.13 Å². The minimum atomic E-state index is 0.468. The Labute approximate surface area is 722 Å². The second kappa shape index (κ2) is 30.4. The lowest BCUT2D eigenvalue weighted by Crippen LogP contribution is -2.05. The fourth-order valence-electron chi connectivity index (χ4n) is 17.9. The molecule has 0 aliphatic heterocycles. The van der Waals surface area contributed by atoms with Gasteiger partial charge in [-0.1, -0.05) is 328 Å². The van der Waals surface area contributed by atoms with Crippen LogP contribution in [0.15, 0.2) is 413 Å². The smallest absolute Gasteiger partial charge is 0.166 e. The van der Waals surface area contributed by atoms with Crippen molar-refractivity contribution in [2.45, 2.75) is 0 Å². The number of nitrogens with zero attached hydrogens (tertiary/aromatic N) is 14. The van der Waals surface area contributed by atoms with Crippen molar-refractivity contribution in [3.63, 3.8) is 0 Å². The average molecular weight is 1610 g/mol. The molecular weight excluding hydrogens is 1540 g/mol. The zero-order valence-electron chi connectivity index (χ0n) is 67.5. The third-order valence-electron chi connectivity index (χ3n) is 23.9. The van der Waals surface area contributed by atoms with Crippen molar-refractivity contribution in [3.05, 3.63) is 413 Å². The van der Waals surface area contributed by atoms with Crippen molar-refractivity contribution in [3.8, 4) is 159 Å². The predicted molar refractivity (Wildman–Crippen MR) is 509 cm³/mol. The Balaban J connectivity index is 0.648. The van der Waals surface area contributed by atoms with E-state index in [2.05, 4.69) is 282 Å². The van der Waals surface area contributed by atoms with Gasteiger partial charge in [-0.3, -0.25) is 0 Å². The van der Waals surface area contributed by atoms with Gasteiger partial charge in [-0.25, -0.2) is 59.8 Å². The molecule has 24 rings (SSSR count). The summed E-state index contributed by atoms with van der Waals surface area (Å²) >= 11 is 0. The van der Waals surface area contributed by atoms with Crippen LogP contribution in [0.4, 0.5) is 0 Å². The van der Waals surface area contributed by atoms with E-state index in [1.165, 1.54) is 10.8 Å². The maximum Gasteiger partial charge on any atom is 0.166 e. The van der Waals surface area contributed by atoms with Crippen molar-refractivity contribution in [2.24, 2.45) is 0 Å². The maximum atomic E-state index is 5.69. The molecule has 0 saturated carbocycles. The molecule has 126 heavy (non-hydrogen) atoms. The zero-order chi connectivity index (χ0) is 83.1. The molecule has 14 nitrogen and oxygen atoms in total. The average Bonchev–Trinajstić information content (AvgIpc) is 1.76. The maximum absolute atomic E-state index is 5.69. The number of hydrogen-bond donors (Lipinski definition) is 0. The highest BCUT2D eigenvalue weighted by molar-refractivity contribution is 6.15. The fourth-order valence-corrected chi connectivity index (χ4v) is 17.9. The van der Waals surface area contributed by atoms with Crippen LogP contribution in [0.5, 0.6) is 0 Å². The van der Waals surface area contributed by atoms with Crippen molar-refractivity contribution < 1.29 is 0 Å². The number of hydrogen-bond acceptors (Lipinski definition) is 12. The molecule has 6 aromatic heterocycles. The summed E-state index contributed by atoms with van der Waals surface area (Å²) in [5.41, 5.74) is 17.7. The van der Waals surface area contributed by atoms with Crippen LogP contribution in [0.25, 0.3) is 246 Å². The molecule has 0 atom stereocenters. The standard InChI is InChI=1S/C112H68N14/c1-6-30-70(31-7-1)101-113-102(71-32-8-2-9-33-71)116-108(115-101)81-58-62-100(126-97-51-26-22-47-89(97)90-48-23-27-52-98(90)126)94(68-81)112-122-105(74-38-14-5-15-39-74)120-110(124-112)92-66-78-56-54-76(65-91(78)85-43-18-19-44-86(85)92)75-40-28-41-79(63-75)106-114-103(72-34-10-3-11-35-72)117-109(119-106)82-59-61-99(125-95-49-24-20-45-87(95)88-46-21-25-50-96(88)125)93(67-82)111-121-104(73-36-12-4-13-37-73)118-107(123-111)80-57-60-84-77(64-80)55-53-69-29-16-17-42-83(69)84/h1-68H. The number of benzene rings is 18. The van der Waals surface area contributed by atoms with Crippen LogP contribution in [-0.4, -0.2) is 68.9 Å². The quantitative estimate of drug-likeness (QED) is 0.0894. The van der Waals surface area contributed by atoms with Crippen LogP contribution in [-0.2, 0) is 0 Å². The summed E-state index contributed by atoms with van der Waals surface area (Å²) in [7, 11) is 0. The lowest BCUT2D eigenvalue weighted by Gasteiger charge is -2.17. The summed E-state index contributed by atoms with van der Waals surface area (Å²) in [5, 5.41) is 13.2. The van der Waals surface area contributed by atoms with Crippen molar-refractivity contribution >= 4 is 86.7 Å². The Morgan fingerprint density at radius 1 is 0.127 bits per heavy atom. The Kier molecular flexibility index (Phi) is 17.5. The molecule has 0 radical (unpaired) electrons. The molecule has 24 aromatic rings. The highest BCUT2D eigenvalue weighted by Gasteiger charge is 2.27. The predicted octanol–water partition coefficient (Wildman–Crippen LogP) is 26.9. The molecule has 6 heterocycles. The van der Waals surface area contributed by atoms with Gasteiger partial charge in [0.2, 0.25) is 0 Å². The van der Waals surface area contributed by atoms with Crippen molar-refractivity contribution in [1.82, 2.24) is 68.9 Å². The van der Waals surface area contributed by atoms with E-state index < -0.39 is 0 Å². The van der Waals surface area contributed by atoms with E-state index in [1.54, 1.807) is 0 Å². The number of para-hydroxylation sites is 4. The van der Waals surface area contributed by atoms with Crippen LogP contribution < -0.4 is 0 Å². The second-order valence-corrected chi connectivity index (χ2v) is 31.5. The van der Waals surface area contributed by atoms with Gasteiger partial charge in [-0.2, -0.15) is 0 Å². The van der Waals surface area contributed by atoms with E-state index in [-0.39, 0.29) is 0 Å². The normalized spacial score (nSPS) is 11.7. The van der Waals surface area contributed by atoms with Crippen LogP contribution in [0.3, 0.4) is 0 Å². The lowest BCUT2D eigenvalue weighted by atomic mass is 9.93. The molecule has 0 amide bonds. The van der Waals surface area contributed by atoms with Crippen LogP contribution in [0.2, 0.25) is 0 Å². The third-order valence-corrected chi connectivity index (χ3v) is 23.9. The van der Waals surface area contributed by atoms with E-state index in [4.69, 9.17) is 59.8 Å². The first kappa shape index (κ1) is 72.6. The highest BCUT2D eigenvalue weighted by Crippen LogP contribution is 2.45. The van der Waals surface area contributed by atoms with Gasteiger partial charge >= 0.3 is 0 Å². The molecule has 0 N–H and O–H groups in total. The molecule has 0 saturated heterocycles. The Bertz CT molecular complexity index is 8310. The van der Waals surface area contributed by atoms with E-state index in [0.717, 1.165) is 165 Å². The Hall–Kier alpha value is -17.4. The summed E-state index contributed by atoms with van der Waals surface area (Å²) in [5.74, 6) is 6.16. The minimum Gasteiger partial charge on any atom is -0.309 e. The van der Waals surface area contributed by atoms with E-state index >= 15 is 0 Å². The largest absolute Gasteiger partial charge is 0.309 e. The monoisotopic (exact) mass is 1610 g/mol. The first-order valence-electron chi connectivity index (χ1n) is 42.0. The summed E-state index contributed by atoms with van der Waals surface area (Å²) in [4.78, 5) is 64.8. The first-order chi connectivity index (χ1) is 62.4. The topological polar surface area (TPSA) is 165 Å². The van der Waals surface area contributed by atoms with Gasteiger partial charge in [-0.05, 0) is 139 Å². The van der Waals surface area contributed by atoms with Crippen LogP contribution >= 0.6 is 0 Å². The molecule has 0 fully saturated rings. The molecule has 0 unspecified atom stereocenters. The molecule has 14 heteroatoms. The molecular formula is C112H68N14. The Morgan fingerprint density at radius 3 is 0.833 bits per heavy atom. The molecule has 0 aliphatic carbocycles. The lowest BCUT2D eigenvalue weighted by molar-refractivity contribution is 1.06. The van der Waals surface area contributed by atoms with E-state index in [1.807, 2.05) is 140 Å². The van der Waals surface area contributed by atoms with E-state index in [9.17, 15) is 0 Å². The van der Waals surface area contributed by atoms with Crippen molar-refractivity contribution in [2.75, 3.05) is 0 Å². The van der Waals surface area contributed by atoms with Gasteiger partial charge in [0.1, 0.15) is 0 Å². The van der Waals surface area contributed by atoms with Crippen molar-refractivity contribution in [1.29, 1.82) is 0 Å². The van der Waals surface area contributed by atoms with Gasteiger partial charge in [-0.15, -0.1) is 0 Å². The van der Waals surface area contributed by atoms with Gasteiger partial charge in [0.15, 0.2) is 69.9 Å². The molecule has 0 spiro atoms.